The second kappa shape index (κ2) is 9.79. The van der Waals surface area contributed by atoms with E-state index in [-0.39, 0.29) is 5.95 Å². The Bertz CT molecular complexity index is 1610. The molecule has 37 heavy (non-hydrogen) atoms. The normalized spacial score (nSPS) is 12.2. The second-order valence-corrected chi connectivity index (χ2v) is 9.54. The topological polar surface area (TPSA) is 112 Å². The molecule has 5 aromatic rings. The first kappa shape index (κ1) is 22.8. The van der Waals surface area contributed by atoms with E-state index in [0.717, 1.165) is 46.0 Å². The fraction of sp³-hybridized carbons (Fsp3) is 0.107. The zero-order valence-corrected chi connectivity index (χ0v) is 20.9. The van der Waals surface area contributed by atoms with Crippen LogP contribution in [0.5, 0.6) is 11.6 Å². The molecule has 0 unspecified atom stereocenters. The molecule has 0 amide bonds. The Hall–Kier alpha value is -4.63. The molecule has 6 rings (SSSR count). The molecule has 0 aliphatic heterocycles. The lowest BCUT2D eigenvalue weighted by molar-refractivity contribution is 0.465. The minimum absolute atomic E-state index is 0.196. The summed E-state index contributed by atoms with van der Waals surface area (Å²) in [4.78, 5) is 13.8. The summed E-state index contributed by atoms with van der Waals surface area (Å²) >= 11 is 1.71. The van der Waals surface area contributed by atoms with Gasteiger partial charge >= 0.3 is 0 Å². The van der Waals surface area contributed by atoms with Gasteiger partial charge in [0.2, 0.25) is 11.8 Å². The van der Waals surface area contributed by atoms with E-state index in [9.17, 15) is 0 Å². The number of nitrogens with one attached hydrogen (secondary N) is 1. The summed E-state index contributed by atoms with van der Waals surface area (Å²) in [6.45, 7) is 2.10. The van der Waals surface area contributed by atoms with Gasteiger partial charge in [0.1, 0.15) is 11.4 Å². The molecule has 3 N–H and O–H groups in total. The first-order valence-corrected chi connectivity index (χ1v) is 12.7. The summed E-state index contributed by atoms with van der Waals surface area (Å²) in [5, 5.41) is 14.7. The third kappa shape index (κ3) is 4.76. The van der Waals surface area contributed by atoms with Gasteiger partial charge in [-0.05, 0) is 84.8 Å². The number of rotatable bonds is 6. The van der Waals surface area contributed by atoms with Crippen molar-refractivity contribution in [2.24, 2.45) is 0 Å². The quantitative estimate of drug-likeness (QED) is 0.271. The molecular formula is C28H23N7OS. The number of anilines is 3. The van der Waals surface area contributed by atoms with E-state index in [1.807, 2.05) is 36.4 Å². The van der Waals surface area contributed by atoms with Crippen LogP contribution < -0.4 is 15.8 Å². The Labute approximate surface area is 217 Å². The maximum absolute atomic E-state index is 6.09. The van der Waals surface area contributed by atoms with Crippen molar-refractivity contribution in [3.63, 3.8) is 0 Å². The van der Waals surface area contributed by atoms with Gasteiger partial charge in [-0.3, -0.25) is 0 Å². The Morgan fingerprint density at radius 3 is 2.73 bits per heavy atom. The van der Waals surface area contributed by atoms with Crippen molar-refractivity contribution in [1.29, 1.82) is 0 Å². The standard InChI is InChI=1S/C28H23N7OS/c1-17-15-24(37-16-17)25-20-5-2-3-6-21(20)26(35-34-25)32-18-8-10-19(11-9-18)36-27-22(7-4-13-30-27)23-12-14-31-28(29)33-23/h3-4,6-16H,2,5H2,1H3,(H,32,35)(H2,29,31,33). The number of hydrogen-bond acceptors (Lipinski definition) is 9. The van der Waals surface area contributed by atoms with Crippen LogP contribution in [0.25, 0.3) is 27.9 Å². The van der Waals surface area contributed by atoms with Crippen molar-refractivity contribution < 1.29 is 4.74 Å². The molecule has 0 atom stereocenters. The molecule has 0 bridgehead atoms. The molecule has 0 radical (unpaired) electrons. The zero-order chi connectivity index (χ0) is 25.2. The number of aryl methyl sites for hydroxylation is 1. The average molecular weight is 506 g/mol. The van der Waals surface area contributed by atoms with Gasteiger partial charge < -0.3 is 15.8 Å². The number of allylic oxidation sites excluding steroid dienone is 1. The number of aromatic nitrogens is 5. The van der Waals surface area contributed by atoms with E-state index in [4.69, 9.17) is 10.5 Å². The average Bonchev–Trinajstić information content (AvgIpc) is 3.36. The fourth-order valence-electron chi connectivity index (χ4n) is 4.24. The van der Waals surface area contributed by atoms with Crippen molar-refractivity contribution in [2.75, 3.05) is 11.1 Å². The van der Waals surface area contributed by atoms with Crippen molar-refractivity contribution >= 4 is 34.9 Å². The molecule has 0 spiro atoms. The van der Waals surface area contributed by atoms with Crippen LogP contribution in [-0.2, 0) is 6.42 Å². The molecule has 4 aromatic heterocycles. The smallest absolute Gasteiger partial charge is 0.228 e. The largest absolute Gasteiger partial charge is 0.438 e. The molecular weight excluding hydrogens is 482 g/mol. The van der Waals surface area contributed by atoms with Crippen LogP contribution in [0.4, 0.5) is 17.5 Å². The summed E-state index contributed by atoms with van der Waals surface area (Å²) in [6.07, 6.45) is 9.55. The summed E-state index contributed by atoms with van der Waals surface area (Å²) < 4.78 is 6.09. The summed E-state index contributed by atoms with van der Waals surface area (Å²) in [7, 11) is 0. The number of benzene rings is 1. The molecule has 1 aromatic carbocycles. The van der Waals surface area contributed by atoms with Crippen LogP contribution in [0.1, 0.15) is 23.1 Å². The number of thiophene rings is 1. The molecule has 182 valence electrons. The van der Waals surface area contributed by atoms with Gasteiger partial charge in [0.25, 0.3) is 0 Å². The monoisotopic (exact) mass is 505 g/mol. The first-order valence-electron chi connectivity index (χ1n) is 11.8. The molecule has 1 aliphatic rings. The lowest BCUT2D eigenvalue weighted by atomic mass is 9.96. The number of nitrogen functional groups attached to an aromatic ring is 1. The number of nitrogens with two attached hydrogens (primary N) is 1. The first-order chi connectivity index (χ1) is 18.1. The van der Waals surface area contributed by atoms with E-state index in [1.165, 1.54) is 11.1 Å². The van der Waals surface area contributed by atoms with E-state index >= 15 is 0 Å². The van der Waals surface area contributed by atoms with Crippen LogP contribution in [0.15, 0.2) is 72.4 Å². The van der Waals surface area contributed by atoms with Crippen molar-refractivity contribution in [3.8, 4) is 33.5 Å². The highest BCUT2D eigenvalue weighted by Gasteiger charge is 2.19. The van der Waals surface area contributed by atoms with Crippen molar-refractivity contribution in [1.82, 2.24) is 25.1 Å². The molecule has 4 heterocycles. The van der Waals surface area contributed by atoms with Crippen LogP contribution in [0.2, 0.25) is 0 Å². The van der Waals surface area contributed by atoms with Crippen molar-refractivity contribution in [2.45, 2.75) is 19.8 Å². The molecule has 9 heteroatoms. The van der Waals surface area contributed by atoms with Gasteiger partial charge in [0.05, 0.1) is 16.1 Å². The fourth-order valence-corrected chi connectivity index (χ4v) is 5.15. The van der Waals surface area contributed by atoms with E-state index in [1.54, 1.807) is 29.8 Å². The van der Waals surface area contributed by atoms with Crippen LogP contribution >= 0.6 is 11.3 Å². The molecule has 0 saturated heterocycles. The third-order valence-corrected chi connectivity index (χ3v) is 7.03. The minimum Gasteiger partial charge on any atom is -0.438 e. The van der Waals surface area contributed by atoms with Gasteiger partial charge in [0.15, 0.2) is 5.82 Å². The number of pyridine rings is 1. The second-order valence-electron chi connectivity index (χ2n) is 8.63. The Morgan fingerprint density at radius 2 is 1.92 bits per heavy atom. The number of fused-ring (bicyclic) bond motifs is 1. The van der Waals surface area contributed by atoms with Crippen LogP contribution in [0.3, 0.4) is 0 Å². The van der Waals surface area contributed by atoms with Gasteiger partial charge in [-0.15, -0.1) is 21.5 Å². The number of ether oxygens (including phenoxy) is 1. The highest BCUT2D eigenvalue weighted by molar-refractivity contribution is 7.13. The Morgan fingerprint density at radius 1 is 1.03 bits per heavy atom. The summed E-state index contributed by atoms with van der Waals surface area (Å²) in [5.41, 5.74) is 12.5. The van der Waals surface area contributed by atoms with Crippen LogP contribution in [0, 0.1) is 6.92 Å². The van der Waals surface area contributed by atoms with Gasteiger partial charge in [-0.25, -0.2) is 15.0 Å². The number of nitrogens with zero attached hydrogens (tertiary/aromatic N) is 5. The van der Waals surface area contributed by atoms with Gasteiger partial charge in [-0.1, -0.05) is 12.2 Å². The lowest BCUT2D eigenvalue weighted by Crippen LogP contribution is -2.07. The highest BCUT2D eigenvalue weighted by Crippen LogP contribution is 2.36. The van der Waals surface area contributed by atoms with Gasteiger partial charge in [0, 0.05) is 23.6 Å². The highest BCUT2D eigenvalue weighted by atomic mass is 32.1. The molecule has 8 nitrogen and oxygen atoms in total. The summed E-state index contributed by atoms with van der Waals surface area (Å²) in [5.74, 6) is 2.01. The minimum atomic E-state index is 0.196. The summed E-state index contributed by atoms with van der Waals surface area (Å²) in [6, 6.07) is 15.3. The SMILES string of the molecule is Cc1csc(-c2nnc(Nc3ccc(Oc4ncccc4-c4ccnc(N)n4)cc3)c3c2CCC=C3)c1. The number of hydrogen-bond donors (Lipinski definition) is 2. The van der Waals surface area contributed by atoms with Gasteiger partial charge in [-0.2, -0.15) is 0 Å². The van der Waals surface area contributed by atoms with E-state index in [2.05, 4.69) is 61.0 Å². The predicted octanol–water partition coefficient (Wildman–Crippen LogP) is 6.44. The molecule has 1 aliphatic carbocycles. The Kier molecular flexibility index (Phi) is 6.03. The third-order valence-electron chi connectivity index (χ3n) is 5.98. The molecule has 0 fully saturated rings. The van der Waals surface area contributed by atoms with E-state index in [0.29, 0.717) is 17.3 Å². The molecule has 0 saturated carbocycles. The van der Waals surface area contributed by atoms with E-state index < -0.39 is 0 Å². The Balaban J connectivity index is 1.24. The predicted molar refractivity (Wildman–Crippen MR) is 147 cm³/mol. The van der Waals surface area contributed by atoms with Crippen LogP contribution in [-0.4, -0.2) is 25.1 Å². The lowest BCUT2D eigenvalue weighted by Gasteiger charge is -2.17. The maximum atomic E-state index is 6.09. The van der Waals surface area contributed by atoms with Crippen molar-refractivity contribution in [3.05, 3.63) is 89.1 Å². The maximum Gasteiger partial charge on any atom is 0.228 e. The zero-order valence-electron chi connectivity index (χ0n) is 20.0.